The lowest BCUT2D eigenvalue weighted by molar-refractivity contribution is -0.118. The van der Waals surface area contributed by atoms with Crippen LogP contribution in [0.15, 0.2) is 53.2 Å². The van der Waals surface area contributed by atoms with Crippen LogP contribution in [0.3, 0.4) is 0 Å². The first-order valence-electron chi connectivity index (χ1n) is 6.48. The third-order valence-electron chi connectivity index (χ3n) is 2.64. The van der Waals surface area contributed by atoms with E-state index in [2.05, 4.69) is 11.1 Å². The number of Topliss-reactive ketones (excluding diaryl/α,β-unsaturated/α-hetero) is 1. The molecule has 0 N–H and O–H groups in total. The van der Waals surface area contributed by atoms with E-state index in [0.717, 1.165) is 24.3 Å². The van der Waals surface area contributed by atoms with Crippen LogP contribution in [0, 0.1) is 0 Å². The predicted octanol–water partition coefficient (Wildman–Crippen LogP) is 4.16. The number of allylic oxidation sites excluding steroid dienone is 8. The molecule has 1 heterocycles. The van der Waals surface area contributed by atoms with Gasteiger partial charge < -0.3 is 0 Å². The first kappa shape index (κ1) is 14.4. The Morgan fingerprint density at radius 3 is 3.06 bits per heavy atom. The van der Waals surface area contributed by atoms with E-state index in [1.54, 1.807) is 0 Å². The molecule has 0 aromatic carbocycles. The average molecular weight is 243 g/mol. The molecule has 1 aliphatic heterocycles. The number of ketones is 1. The van der Waals surface area contributed by atoms with E-state index in [4.69, 9.17) is 0 Å². The maximum absolute atomic E-state index is 11.1. The van der Waals surface area contributed by atoms with Crippen molar-refractivity contribution in [1.29, 1.82) is 0 Å². The topological polar surface area (TPSA) is 29.4 Å². The third kappa shape index (κ3) is 6.14. The lowest BCUT2D eigenvalue weighted by Gasteiger charge is -1.94. The van der Waals surface area contributed by atoms with Gasteiger partial charge in [-0.2, -0.15) is 0 Å². The van der Waals surface area contributed by atoms with E-state index in [0.29, 0.717) is 18.6 Å². The van der Waals surface area contributed by atoms with Crippen molar-refractivity contribution in [3.05, 3.63) is 48.2 Å². The van der Waals surface area contributed by atoms with Gasteiger partial charge in [-0.05, 0) is 25.5 Å². The SMILES string of the molecule is CCC(=O)CC/C=C/C=C\C1=NC(C)=CC=CC1. The van der Waals surface area contributed by atoms with Gasteiger partial charge in [-0.15, -0.1) is 0 Å². The molecule has 0 amide bonds. The first-order valence-corrected chi connectivity index (χ1v) is 6.48. The van der Waals surface area contributed by atoms with Crippen LogP contribution in [-0.4, -0.2) is 11.5 Å². The van der Waals surface area contributed by atoms with Crippen molar-refractivity contribution in [2.75, 3.05) is 0 Å². The number of nitrogens with zero attached hydrogens (tertiary/aromatic N) is 1. The number of carbonyl (C=O) groups excluding carboxylic acids is 1. The molecule has 1 aliphatic rings. The predicted molar refractivity (Wildman–Crippen MR) is 77.8 cm³/mol. The van der Waals surface area contributed by atoms with Crippen LogP contribution in [0.5, 0.6) is 0 Å². The summed E-state index contributed by atoms with van der Waals surface area (Å²) in [6.07, 6.45) is 17.1. The van der Waals surface area contributed by atoms with Gasteiger partial charge in [-0.1, -0.05) is 37.3 Å². The summed E-state index contributed by atoms with van der Waals surface area (Å²) in [5.74, 6) is 0.322. The summed E-state index contributed by atoms with van der Waals surface area (Å²) >= 11 is 0. The molecule has 0 spiro atoms. The van der Waals surface area contributed by atoms with Gasteiger partial charge in [0.25, 0.3) is 0 Å². The molecule has 0 radical (unpaired) electrons. The Labute approximate surface area is 110 Å². The smallest absolute Gasteiger partial charge is 0.132 e. The van der Waals surface area contributed by atoms with Gasteiger partial charge in [0.05, 0.1) is 0 Å². The van der Waals surface area contributed by atoms with Gasteiger partial charge >= 0.3 is 0 Å². The summed E-state index contributed by atoms with van der Waals surface area (Å²) in [6.45, 7) is 3.90. The summed E-state index contributed by atoms with van der Waals surface area (Å²) in [5.41, 5.74) is 2.09. The molecule has 96 valence electrons. The summed E-state index contributed by atoms with van der Waals surface area (Å²) < 4.78 is 0. The number of hydrogen-bond acceptors (Lipinski definition) is 2. The molecule has 0 aromatic rings. The molecule has 2 heteroatoms. The molecule has 1 rings (SSSR count). The Morgan fingerprint density at radius 1 is 1.44 bits per heavy atom. The van der Waals surface area contributed by atoms with Crippen LogP contribution < -0.4 is 0 Å². The molecular formula is C16H21NO. The van der Waals surface area contributed by atoms with Gasteiger partial charge in [0.1, 0.15) is 5.78 Å². The second kappa shape index (κ2) is 8.40. The van der Waals surface area contributed by atoms with Gasteiger partial charge in [0, 0.05) is 30.7 Å². The monoisotopic (exact) mass is 243 g/mol. The Morgan fingerprint density at radius 2 is 2.28 bits per heavy atom. The zero-order valence-electron chi connectivity index (χ0n) is 11.2. The standard InChI is InChI=1S/C16H21NO/c1-3-16(18)13-7-5-4-6-11-15-12-9-8-10-14(2)17-15/h4-6,8-11H,3,7,12-13H2,1-2H3/b5-4+,11-6-. The minimum absolute atomic E-state index is 0.322. The van der Waals surface area contributed by atoms with Crippen molar-refractivity contribution >= 4 is 11.5 Å². The largest absolute Gasteiger partial charge is 0.300 e. The molecule has 0 aliphatic carbocycles. The third-order valence-corrected chi connectivity index (χ3v) is 2.64. The average Bonchev–Trinajstić information content (AvgIpc) is 2.57. The van der Waals surface area contributed by atoms with Gasteiger partial charge in [0.15, 0.2) is 0 Å². The van der Waals surface area contributed by atoms with Gasteiger partial charge in [0.2, 0.25) is 0 Å². The van der Waals surface area contributed by atoms with Crippen molar-refractivity contribution in [3.8, 4) is 0 Å². The lowest BCUT2D eigenvalue weighted by Crippen LogP contribution is -1.92. The van der Waals surface area contributed by atoms with Crippen molar-refractivity contribution < 1.29 is 4.79 Å². The quantitative estimate of drug-likeness (QED) is 0.644. The molecule has 0 unspecified atom stereocenters. The first-order chi connectivity index (χ1) is 8.72. The van der Waals surface area contributed by atoms with Gasteiger partial charge in [-0.3, -0.25) is 9.79 Å². The minimum atomic E-state index is 0.322. The molecule has 2 nitrogen and oxygen atoms in total. The van der Waals surface area contributed by atoms with E-state index in [9.17, 15) is 4.79 Å². The highest BCUT2D eigenvalue weighted by Crippen LogP contribution is 2.05. The van der Waals surface area contributed by atoms with Crippen molar-refractivity contribution in [1.82, 2.24) is 0 Å². The molecule has 0 saturated carbocycles. The molecule has 18 heavy (non-hydrogen) atoms. The lowest BCUT2D eigenvalue weighted by atomic mass is 10.1. The fourth-order valence-corrected chi connectivity index (χ4v) is 1.57. The van der Waals surface area contributed by atoms with Crippen molar-refractivity contribution in [2.45, 2.75) is 39.5 Å². The highest BCUT2D eigenvalue weighted by molar-refractivity contribution is 5.97. The highest BCUT2D eigenvalue weighted by Gasteiger charge is 1.95. The van der Waals surface area contributed by atoms with Crippen LogP contribution >= 0.6 is 0 Å². The van der Waals surface area contributed by atoms with E-state index in [1.807, 2.05) is 50.3 Å². The fraction of sp³-hybridized carbons (Fsp3) is 0.375. The Balaban J connectivity index is 2.36. The number of hydrogen-bond donors (Lipinski definition) is 0. The second-order valence-electron chi connectivity index (χ2n) is 4.26. The van der Waals surface area contributed by atoms with E-state index < -0.39 is 0 Å². The second-order valence-corrected chi connectivity index (χ2v) is 4.26. The van der Waals surface area contributed by atoms with E-state index >= 15 is 0 Å². The number of carbonyl (C=O) groups is 1. The fourth-order valence-electron chi connectivity index (χ4n) is 1.57. The zero-order valence-corrected chi connectivity index (χ0v) is 11.2. The molecule has 0 atom stereocenters. The zero-order chi connectivity index (χ0) is 13.2. The van der Waals surface area contributed by atoms with E-state index in [-0.39, 0.29) is 0 Å². The Hall–Kier alpha value is -1.70. The van der Waals surface area contributed by atoms with Crippen LogP contribution in [0.25, 0.3) is 0 Å². The van der Waals surface area contributed by atoms with E-state index in [1.165, 1.54) is 0 Å². The molecular weight excluding hydrogens is 222 g/mol. The number of aliphatic imine (C=N–C) groups is 1. The van der Waals surface area contributed by atoms with Crippen LogP contribution in [0.4, 0.5) is 0 Å². The summed E-state index contributed by atoms with van der Waals surface area (Å²) in [4.78, 5) is 15.6. The van der Waals surface area contributed by atoms with Crippen molar-refractivity contribution in [3.63, 3.8) is 0 Å². The summed E-state index contributed by atoms with van der Waals surface area (Å²) in [6, 6.07) is 0. The van der Waals surface area contributed by atoms with Crippen molar-refractivity contribution in [2.24, 2.45) is 4.99 Å². The van der Waals surface area contributed by atoms with Gasteiger partial charge in [-0.25, -0.2) is 0 Å². The maximum Gasteiger partial charge on any atom is 0.132 e. The highest BCUT2D eigenvalue weighted by atomic mass is 16.1. The van der Waals surface area contributed by atoms with Crippen LogP contribution in [0.2, 0.25) is 0 Å². The Kier molecular flexibility index (Phi) is 6.70. The Bertz CT molecular complexity index is 422. The summed E-state index contributed by atoms with van der Waals surface area (Å²) in [5, 5.41) is 0. The summed E-state index contributed by atoms with van der Waals surface area (Å²) in [7, 11) is 0. The maximum atomic E-state index is 11.1. The minimum Gasteiger partial charge on any atom is -0.300 e. The normalized spacial score (nSPS) is 15.9. The van der Waals surface area contributed by atoms with Crippen LogP contribution in [0.1, 0.15) is 39.5 Å². The molecule has 0 bridgehead atoms. The molecule has 0 fully saturated rings. The number of rotatable bonds is 6. The molecule has 0 aromatic heterocycles. The molecule has 0 saturated heterocycles. The van der Waals surface area contributed by atoms with Crippen LogP contribution in [-0.2, 0) is 4.79 Å².